The van der Waals surface area contributed by atoms with Gasteiger partial charge < -0.3 is 24.1 Å². The smallest absolute Gasteiger partial charge is 0.193 e. The lowest BCUT2D eigenvalue weighted by Gasteiger charge is -2.34. The second-order valence-corrected chi connectivity index (χ2v) is 5.86. The molecular formula is C18H32IN3O3. The summed E-state index contributed by atoms with van der Waals surface area (Å²) in [7, 11) is 0. The van der Waals surface area contributed by atoms with Gasteiger partial charge in [-0.2, -0.15) is 0 Å². The predicted molar refractivity (Wildman–Crippen MR) is 111 cm³/mol. The SMILES string of the molecule is CCNC(=NCCCOCc1ccco1)N1CCC(OCC)CC1.I. The summed E-state index contributed by atoms with van der Waals surface area (Å²) in [6, 6.07) is 3.80. The normalized spacial score (nSPS) is 15.9. The van der Waals surface area contributed by atoms with Gasteiger partial charge in [-0.3, -0.25) is 4.99 Å². The molecular weight excluding hydrogens is 433 g/mol. The zero-order valence-corrected chi connectivity index (χ0v) is 17.7. The van der Waals surface area contributed by atoms with Gasteiger partial charge in [0.15, 0.2) is 5.96 Å². The van der Waals surface area contributed by atoms with Crippen LogP contribution in [-0.2, 0) is 16.1 Å². The average Bonchev–Trinajstić information content (AvgIpc) is 3.11. The highest BCUT2D eigenvalue weighted by Crippen LogP contribution is 2.13. The van der Waals surface area contributed by atoms with E-state index in [0.717, 1.165) is 63.8 Å². The Morgan fingerprint density at radius 2 is 2.16 bits per heavy atom. The fourth-order valence-electron chi connectivity index (χ4n) is 2.81. The van der Waals surface area contributed by atoms with E-state index in [0.29, 0.717) is 19.3 Å². The first kappa shape index (κ1) is 22.2. The van der Waals surface area contributed by atoms with Crippen LogP contribution < -0.4 is 5.32 Å². The van der Waals surface area contributed by atoms with Crippen LogP contribution in [0.1, 0.15) is 38.9 Å². The fourth-order valence-corrected chi connectivity index (χ4v) is 2.81. The minimum Gasteiger partial charge on any atom is -0.467 e. The van der Waals surface area contributed by atoms with Crippen molar-refractivity contribution < 1.29 is 13.9 Å². The van der Waals surface area contributed by atoms with E-state index in [-0.39, 0.29) is 24.0 Å². The van der Waals surface area contributed by atoms with E-state index < -0.39 is 0 Å². The predicted octanol–water partition coefficient (Wildman–Crippen LogP) is 3.27. The summed E-state index contributed by atoms with van der Waals surface area (Å²) < 4.78 is 16.5. The average molecular weight is 465 g/mol. The van der Waals surface area contributed by atoms with Gasteiger partial charge in [0.2, 0.25) is 0 Å². The monoisotopic (exact) mass is 465 g/mol. The second-order valence-electron chi connectivity index (χ2n) is 5.86. The molecule has 7 heteroatoms. The van der Waals surface area contributed by atoms with Crippen LogP contribution in [0.5, 0.6) is 0 Å². The van der Waals surface area contributed by atoms with Crippen molar-refractivity contribution in [3.8, 4) is 0 Å². The van der Waals surface area contributed by atoms with Crippen molar-refractivity contribution in [2.75, 3.05) is 39.4 Å². The summed E-state index contributed by atoms with van der Waals surface area (Å²) in [5.41, 5.74) is 0. The summed E-state index contributed by atoms with van der Waals surface area (Å²) in [6.07, 6.45) is 5.13. The molecule has 1 aliphatic rings. The summed E-state index contributed by atoms with van der Waals surface area (Å²) in [4.78, 5) is 7.07. The lowest BCUT2D eigenvalue weighted by molar-refractivity contribution is 0.0263. The lowest BCUT2D eigenvalue weighted by Crippen LogP contribution is -2.47. The number of hydrogen-bond donors (Lipinski definition) is 1. The molecule has 0 spiro atoms. The van der Waals surface area contributed by atoms with Gasteiger partial charge in [-0.25, -0.2) is 0 Å². The van der Waals surface area contributed by atoms with Crippen LogP contribution in [0.2, 0.25) is 0 Å². The third-order valence-corrected chi connectivity index (χ3v) is 4.01. The Bertz CT molecular complexity index is 460. The molecule has 1 N–H and O–H groups in total. The van der Waals surface area contributed by atoms with E-state index in [1.165, 1.54) is 0 Å². The number of aliphatic imine (C=N–C) groups is 1. The molecule has 0 bridgehead atoms. The van der Waals surface area contributed by atoms with Gasteiger partial charge in [-0.15, -0.1) is 24.0 Å². The molecule has 25 heavy (non-hydrogen) atoms. The van der Waals surface area contributed by atoms with E-state index in [9.17, 15) is 0 Å². The van der Waals surface area contributed by atoms with Crippen molar-refractivity contribution in [1.29, 1.82) is 0 Å². The van der Waals surface area contributed by atoms with Crippen LogP contribution in [0, 0.1) is 0 Å². The van der Waals surface area contributed by atoms with Gasteiger partial charge in [0.1, 0.15) is 12.4 Å². The molecule has 0 atom stereocenters. The largest absolute Gasteiger partial charge is 0.467 e. The minimum absolute atomic E-state index is 0. The Morgan fingerprint density at radius 3 is 2.80 bits per heavy atom. The number of ether oxygens (including phenoxy) is 2. The Hall–Kier alpha value is -0.800. The molecule has 0 radical (unpaired) electrons. The van der Waals surface area contributed by atoms with Crippen LogP contribution >= 0.6 is 24.0 Å². The summed E-state index contributed by atoms with van der Waals surface area (Å²) in [5.74, 6) is 1.88. The second kappa shape index (κ2) is 13.4. The molecule has 144 valence electrons. The number of nitrogens with one attached hydrogen (secondary N) is 1. The van der Waals surface area contributed by atoms with Crippen LogP contribution in [0.4, 0.5) is 0 Å². The fraction of sp³-hybridized carbons (Fsp3) is 0.722. The Labute approximate surface area is 168 Å². The molecule has 1 fully saturated rings. The topological polar surface area (TPSA) is 59.2 Å². The molecule has 0 saturated carbocycles. The maximum absolute atomic E-state index is 5.72. The number of piperidine rings is 1. The van der Waals surface area contributed by atoms with Crippen LogP contribution in [0.25, 0.3) is 0 Å². The van der Waals surface area contributed by atoms with Gasteiger partial charge in [-0.05, 0) is 45.2 Å². The number of nitrogens with zero attached hydrogens (tertiary/aromatic N) is 2. The molecule has 0 unspecified atom stereocenters. The molecule has 0 amide bonds. The molecule has 2 heterocycles. The molecule has 0 aliphatic carbocycles. The summed E-state index contributed by atoms with van der Waals surface area (Å²) in [6.45, 7) is 9.86. The number of guanidine groups is 1. The molecule has 1 aromatic rings. The Balaban J connectivity index is 0.00000312. The molecule has 1 saturated heterocycles. The van der Waals surface area contributed by atoms with Gasteiger partial charge in [-0.1, -0.05) is 0 Å². The van der Waals surface area contributed by atoms with E-state index in [1.807, 2.05) is 12.1 Å². The van der Waals surface area contributed by atoms with Crippen molar-refractivity contribution in [3.05, 3.63) is 24.2 Å². The van der Waals surface area contributed by atoms with Gasteiger partial charge in [0, 0.05) is 39.4 Å². The summed E-state index contributed by atoms with van der Waals surface area (Å²) >= 11 is 0. The minimum atomic E-state index is 0. The van der Waals surface area contributed by atoms with Crippen LogP contribution in [0.15, 0.2) is 27.8 Å². The molecule has 2 rings (SSSR count). The number of rotatable bonds is 9. The highest BCUT2D eigenvalue weighted by atomic mass is 127. The quantitative estimate of drug-likeness (QED) is 0.263. The number of likely N-dealkylation sites (tertiary alicyclic amines) is 1. The zero-order valence-electron chi connectivity index (χ0n) is 15.4. The third kappa shape index (κ3) is 8.42. The summed E-state index contributed by atoms with van der Waals surface area (Å²) in [5, 5.41) is 3.39. The number of furan rings is 1. The first-order chi connectivity index (χ1) is 11.8. The maximum atomic E-state index is 5.72. The first-order valence-electron chi connectivity index (χ1n) is 9.08. The van der Waals surface area contributed by atoms with Crippen molar-refractivity contribution in [2.24, 2.45) is 4.99 Å². The van der Waals surface area contributed by atoms with Gasteiger partial charge >= 0.3 is 0 Å². The van der Waals surface area contributed by atoms with Gasteiger partial charge in [0.25, 0.3) is 0 Å². The number of halogens is 1. The first-order valence-corrected chi connectivity index (χ1v) is 9.08. The maximum Gasteiger partial charge on any atom is 0.193 e. The standard InChI is InChI=1S/C18H31N3O3.HI/c1-3-19-18(21-11-8-16(9-12-21)23-4-2)20-10-6-13-22-15-17-7-5-14-24-17;/h5,7,14,16H,3-4,6,8-13,15H2,1-2H3,(H,19,20);1H. The van der Waals surface area contributed by atoms with Crippen molar-refractivity contribution in [2.45, 2.75) is 45.8 Å². The molecule has 1 aromatic heterocycles. The van der Waals surface area contributed by atoms with Crippen molar-refractivity contribution in [1.82, 2.24) is 10.2 Å². The Kier molecular flexibility index (Phi) is 11.9. The number of hydrogen-bond acceptors (Lipinski definition) is 4. The lowest BCUT2D eigenvalue weighted by atomic mass is 10.1. The van der Waals surface area contributed by atoms with E-state index >= 15 is 0 Å². The van der Waals surface area contributed by atoms with Crippen LogP contribution in [-0.4, -0.2) is 56.4 Å². The van der Waals surface area contributed by atoms with E-state index in [4.69, 9.17) is 18.9 Å². The van der Waals surface area contributed by atoms with E-state index in [2.05, 4.69) is 24.1 Å². The van der Waals surface area contributed by atoms with Gasteiger partial charge in [0.05, 0.1) is 12.4 Å². The van der Waals surface area contributed by atoms with Crippen LogP contribution in [0.3, 0.4) is 0 Å². The van der Waals surface area contributed by atoms with Crippen molar-refractivity contribution in [3.63, 3.8) is 0 Å². The van der Waals surface area contributed by atoms with Crippen molar-refractivity contribution >= 4 is 29.9 Å². The highest BCUT2D eigenvalue weighted by molar-refractivity contribution is 14.0. The molecule has 6 nitrogen and oxygen atoms in total. The zero-order chi connectivity index (χ0) is 17.0. The molecule has 1 aliphatic heterocycles. The third-order valence-electron chi connectivity index (χ3n) is 4.01. The highest BCUT2D eigenvalue weighted by Gasteiger charge is 2.21. The molecule has 0 aromatic carbocycles. The van der Waals surface area contributed by atoms with E-state index in [1.54, 1.807) is 6.26 Å². The Morgan fingerprint density at radius 1 is 1.36 bits per heavy atom.